The lowest BCUT2D eigenvalue weighted by Crippen LogP contribution is -2.13. The number of unbranched alkanes of at least 4 members (excludes halogenated alkanes) is 9. The van der Waals surface area contributed by atoms with E-state index in [1.165, 1.54) is 75.5 Å². The molecule has 0 aliphatic rings. The van der Waals surface area contributed by atoms with Gasteiger partial charge in [0, 0.05) is 16.7 Å². The van der Waals surface area contributed by atoms with E-state index in [0.717, 1.165) is 28.5 Å². The number of benzene rings is 1. The number of thioether (sulfide) groups is 1. The second-order valence-corrected chi connectivity index (χ2v) is 11.6. The Morgan fingerprint density at radius 3 is 2.18 bits per heavy atom. The molecule has 33 heavy (non-hydrogen) atoms. The minimum absolute atomic E-state index is 0.116. The van der Waals surface area contributed by atoms with Crippen LogP contribution in [-0.2, 0) is 11.2 Å². The molecule has 2 heterocycles. The van der Waals surface area contributed by atoms with Crippen molar-refractivity contribution in [1.29, 1.82) is 0 Å². The van der Waals surface area contributed by atoms with Gasteiger partial charge in [0.1, 0.15) is 5.02 Å². The zero-order valence-corrected chi connectivity index (χ0v) is 22.5. The summed E-state index contributed by atoms with van der Waals surface area (Å²) in [6.45, 7) is 8.62. The van der Waals surface area contributed by atoms with Crippen LogP contribution in [0, 0.1) is 0 Å². The van der Waals surface area contributed by atoms with Crippen LogP contribution in [0.2, 0.25) is 5.02 Å². The number of hydrogen-bond donors (Lipinski definition) is 1. The lowest BCUT2D eigenvalue weighted by molar-refractivity contribution is 0.557. The summed E-state index contributed by atoms with van der Waals surface area (Å²) < 4.78 is 1.64. The van der Waals surface area contributed by atoms with Gasteiger partial charge in [-0.05, 0) is 17.7 Å². The highest BCUT2D eigenvalue weighted by Gasteiger charge is 2.25. The van der Waals surface area contributed by atoms with Gasteiger partial charge < -0.3 is 4.98 Å². The standard InChI is InChI=1S/C27H41ClN4S/c1-5-6-7-8-9-10-11-12-13-16-19-33-20-21-17-14-15-18-22(21)25-29-26-23(28)24(27(2,3)4)30-32(26)31-25/h14-15,17-18H,5-13,16,19-20H2,1-4H3,(H,29,31). The third-order valence-corrected chi connectivity index (χ3v) is 7.58. The minimum atomic E-state index is -0.116. The molecule has 0 aliphatic heterocycles. The van der Waals surface area contributed by atoms with Gasteiger partial charge in [0.2, 0.25) is 0 Å². The van der Waals surface area contributed by atoms with E-state index in [1.807, 2.05) is 11.8 Å². The van der Waals surface area contributed by atoms with Crippen molar-refractivity contribution in [3.05, 3.63) is 40.5 Å². The molecule has 0 atom stereocenters. The van der Waals surface area contributed by atoms with Crippen LogP contribution in [0.4, 0.5) is 0 Å². The van der Waals surface area contributed by atoms with Crippen LogP contribution in [0.25, 0.3) is 17.0 Å². The number of nitrogens with one attached hydrogen (secondary N) is 1. The van der Waals surface area contributed by atoms with E-state index in [-0.39, 0.29) is 5.41 Å². The van der Waals surface area contributed by atoms with E-state index < -0.39 is 0 Å². The SMILES string of the molecule is CCCCCCCCCCCCSCc1ccccc1-c1nn2nc(C(C)(C)C)c(Cl)c2[nH]1. The Labute approximate surface area is 209 Å². The first-order valence-electron chi connectivity index (χ1n) is 12.7. The molecule has 3 rings (SSSR count). The minimum Gasteiger partial charge on any atom is -0.320 e. The first-order valence-corrected chi connectivity index (χ1v) is 14.3. The van der Waals surface area contributed by atoms with Crippen LogP contribution in [0.3, 0.4) is 0 Å². The van der Waals surface area contributed by atoms with E-state index in [0.29, 0.717) is 5.02 Å². The van der Waals surface area contributed by atoms with Crippen molar-refractivity contribution in [3.8, 4) is 11.4 Å². The highest BCUT2D eigenvalue weighted by molar-refractivity contribution is 7.98. The summed E-state index contributed by atoms with van der Waals surface area (Å²) in [6.07, 6.45) is 13.9. The normalized spacial score (nSPS) is 12.2. The Balaban J connectivity index is 1.45. The summed E-state index contributed by atoms with van der Waals surface area (Å²) in [5.74, 6) is 3.04. The van der Waals surface area contributed by atoms with Gasteiger partial charge in [-0.25, -0.2) is 0 Å². The maximum atomic E-state index is 6.62. The number of nitrogens with zero attached hydrogens (tertiary/aromatic N) is 3. The lowest BCUT2D eigenvalue weighted by Gasteiger charge is -2.14. The van der Waals surface area contributed by atoms with Crippen LogP contribution in [0.1, 0.15) is 103 Å². The summed E-state index contributed by atoms with van der Waals surface area (Å²) in [7, 11) is 0. The van der Waals surface area contributed by atoms with Crippen LogP contribution in [0.5, 0.6) is 0 Å². The first kappa shape index (κ1) is 26.2. The molecule has 182 valence electrons. The smallest absolute Gasteiger partial charge is 0.175 e. The summed E-state index contributed by atoms with van der Waals surface area (Å²) >= 11 is 8.64. The molecule has 6 heteroatoms. The molecule has 0 saturated heterocycles. The fourth-order valence-electron chi connectivity index (χ4n) is 4.15. The van der Waals surface area contributed by atoms with Gasteiger partial charge in [0.05, 0.1) is 5.69 Å². The molecule has 0 unspecified atom stereocenters. The van der Waals surface area contributed by atoms with Crippen LogP contribution < -0.4 is 0 Å². The second-order valence-electron chi connectivity index (χ2n) is 10.1. The summed E-state index contributed by atoms with van der Waals surface area (Å²) in [5.41, 5.74) is 3.96. The Bertz CT molecular complexity index is 986. The Morgan fingerprint density at radius 2 is 1.55 bits per heavy atom. The van der Waals surface area contributed by atoms with Crippen LogP contribution >= 0.6 is 23.4 Å². The zero-order valence-electron chi connectivity index (χ0n) is 20.9. The lowest BCUT2D eigenvalue weighted by atomic mass is 9.92. The third kappa shape index (κ3) is 7.51. The van der Waals surface area contributed by atoms with Gasteiger partial charge in [-0.1, -0.05) is 121 Å². The molecule has 2 aromatic heterocycles. The number of hydrogen-bond acceptors (Lipinski definition) is 3. The second kappa shape index (κ2) is 12.9. The molecule has 0 fully saturated rings. The van der Waals surface area contributed by atoms with Gasteiger partial charge in [-0.15, -0.1) is 9.73 Å². The first-order chi connectivity index (χ1) is 15.9. The number of rotatable bonds is 14. The Hall–Kier alpha value is -1.46. The van der Waals surface area contributed by atoms with Crippen molar-refractivity contribution in [1.82, 2.24) is 19.8 Å². The maximum Gasteiger partial charge on any atom is 0.175 e. The summed E-state index contributed by atoms with van der Waals surface area (Å²) in [6, 6.07) is 8.51. The predicted molar refractivity (Wildman–Crippen MR) is 144 cm³/mol. The topological polar surface area (TPSA) is 46.0 Å². The van der Waals surface area contributed by atoms with Crippen LogP contribution in [0.15, 0.2) is 24.3 Å². The fourth-order valence-corrected chi connectivity index (χ4v) is 5.62. The molecule has 0 bridgehead atoms. The number of fused-ring (bicyclic) bond motifs is 1. The number of halogens is 1. The number of H-pyrrole nitrogens is 1. The molecule has 0 aliphatic carbocycles. The molecule has 1 aromatic carbocycles. The van der Waals surface area contributed by atoms with E-state index >= 15 is 0 Å². The average Bonchev–Trinajstić information content (AvgIpc) is 3.34. The van der Waals surface area contributed by atoms with Crippen molar-refractivity contribution >= 4 is 29.0 Å². The van der Waals surface area contributed by atoms with Gasteiger partial charge in [0.15, 0.2) is 11.5 Å². The predicted octanol–water partition coefficient (Wildman–Crippen LogP) is 8.83. The number of aromatic amines is 1. The zero-order chi connectivity index (χ0) is 23.7. The Kier molecular flexibility index (Phi) is 10.2. The summed E-state index contributed by atoms with van der Waals surface area (Å²) in [4.78, 5) is 3.41. The molecule has 0 saturated carbocycles. The Morgan fingerprint density at radius 1 is 0.909 bits per heavy atom. The molecule has 1 N–H and O–H groups in total. The molecule has 0 spiro atoms. The van der Waals surface area contributed by atoms with Crippen molar-refractivity contribution in [3.63, 3.8) is 0 Å². The third-order valence-electron chi connectivity index (χ3n) is 6.12. The molecular weight excluding hydrogens is 448 g/mol. The molecule has 0 amide bonds. The fraction of sp³-hybridized carbons (Fsp3) is 0.630. The van der Waals surface area contributed by atoms with Gasteiger partial charge >= 0.3 is 0 Å². The highest BCUT2D eigenvalue weighted by atomic mass is 35.5. The van der Waals surface area contributed by atoms with E-state index in [9.17, 15) is 0 Å². The maximum absolute atomic E-state index is 6.62. The molecule has 4 nitrogen and oxygen atoms in total. The molecule has 0 radical (unpaired) electrons. The number of aromatic nitrogens is 4. The van der Waals surface area contributed by atoms with Crippen molar-refractivity contribution in [2.24, 2.45) is 0 Å². The largest absolute Gasteiger partial charge is 0.320 e. The van der Waals surface area contributed by atoms with Gasteiger partial charge in [-0.3, -0.25) is 0 Å². The van der Waals surface area contributed by atoms with Crippen molar-refractivity contribution in [2.45, 2.75) is 103 Å². The van der Waals surface area contributed by atoms with Crippen molar-refractivity contribution < 1.29 is 0 Å². The quantitative estimate of drug-likeness (QED) is 0.230. The van der Waals surface area contributed by atoms with Crippen LogP contribution in [-0.4, -0.2) is 25.6 Å². The van der Waals surface area contributed by atoms with Gasteiger partial charge in [0.25, 0.3) is 0 Å². The van der Waals surface area contributed by atoms with Crippen molar-refractivity contribution in [2.75, 3.05) is 5.75 Å². The summed E-state index contributed by atoms with van der Waals surface area (Å²) in [5, 5.41) is 10.00. The van der Waals surface area contributed by atoms with E-state index in [4.69, 9.17) is 16.7 Å². The molecular formula is C27H41ClN4S. The van der Waals surface area contributed by atoms with Gasteiger partial charge in [-0.2, -0.15) is 16.9 Å². The monoisotopic (exact) mass is 488 g/mol. The highest BCUT2D eigenvalue weighted by Crippen LogP contribution is 2.32. The average molecular weight is 489 g/mol. The van der Waals surface area contributed by atoms with E-state index in [1.54, 1.807) is 4.63 Å². The molecule has 3 aromatic rings. The van der Waals surface area contributed by atoms with E-state index in [2.05, 4.69) is 62.0 Å².